The van der Waals surface area contributed by atoms with E-state index in [-0.39, 0.29) is 6.04 Å². The van der Waals surface area contributed by atoms with E-state index >= 15 is 0 Å². The molecule has 2 fully saturated rings. The number of aromatic nitrogens is 1. The molecule has 5 nitrogen and oxygen atoms in total. The van der Waals surface area contributed by atoms with Crippen molar-refractivity contribution in [3.63, 3.8) is 0 Å². The third-order valence-corrected chi connectivity index (χ3v) is 5.79. The van der Waals surface area contributed by atoms with Gasteiger partial charge >= 0.3 is 0 Å². The molecule has 1 amide bonds. The van der Waals surface area contributed by atoms with Crippen molar-refractivity contribution in [2.45, 2.75) is 57.3 Å². The zero-order valence-corrected chi connectivity index (χ0v) is 16.6. The summed E-state index contributed by atoms with van der Waals surface area (Å²) in [7, 11) is 1.69. The van der Waals surface area contributed by atoms with E-state index in [1.807, 2.05) is 24.3 Å². The Labute approximate surface area is 167 Å². The maximum atomic E-state index is 13.6. The van der Waals surface area contributed by atoms with Crippen LogP contribution < -0.4 is 4.74 Å². The van der Waals surface area contributed by atoms with E-state index in [9.17, 15) is 4.79 Å². The molecule has 0 radical (unpaired) electrons. The standard InChI is InChI=1S/C23H29N3O2/c1-28-21-6-4-5-19(15-21)16-25-14-3-2-7-22(25)23(27)26(20-8-9-20)17-18-10-12-24-13-11-18/h4-6,10-13,15,20,22H,2-3,7-9,14,16-17H2,1H3. The number of rotatable bonds is 7. The van der Waals surface area contributed by atoms with Gasteiger partial charge in [-0.05, 0) is 67.6 Å². The Morgan fingerprint density at radius 1 is 1.14 bits per heavy atom. The first-order valence-electron chi connectivity index (χ1n) is 10.3. The molecule has 5 heteroatoms. The molecular formula is C23H29N3O2. The Balaban J connectivity index is 1.49. The highest BCUT2D eigenvalue weighted by Crippen LogP contribution is 2.31. The summed E-state index contributed by atoms with van der Waals surface area (Å²) in [6, 6.07) is 12.6. The van der Waals surface area contributed by atoms with E-state index < -0.39 is 0 Å². The van der Waals surface area contributed by atoms with Gasteiger partial charge < -0.3 is 9.64 Å². The number of likely N-dealkylation sites (tertiary alicyclic amines) is 1. The molecule has 1 aliphatic carbocycles. The van der Waals surface area contributed by atoms with Crippen LogP contribution in [0.2, 0.25) is 0 Å². The van der Waals surface area contributed by atoms with E-state index in [4.69, 9.17) is 4.74 Å². The van der Waals surface area contributed by atoms with Gasteiger partial charge in [0.25, 0.3) is 0 Å². The lowest BCUT2D eigenvalue weighted by atomic mass is 9.99. The van der Waals surface area contributed by atoms with Crippen molar-refractivity contribution in [1.82, 2.24) is 14.8 Å². The van der Waals surface area contributed by atoms with Gasteiger partial charge in [-0.25, -0.2) is 0 Å². The summed E-state index contributed by atoms with van der Waals surface area (Å²) in [5.74, 6) is 1.16. The van der Waals surface area contributed by atoms with Crippen LogP contribution in [0.25, 0.3) is 0 Å². The van der Waals surface area contributed by atoms with Gasteiger partial charge in [0.1, 0.15) is 5.75 Å². The highest BCUT2D eigenvalue weighted by Gasteiger charge is 2.38. The number of pyridine rings is 1. The van der Waals surface area contributed by atoms with Gasteiger partial charge in [-0.2, -0.15) is 0 Å². The number of methoxy groups -OCH3 is 1. The largest absolute Gasteiger partial charge is 0.497 e. The maximum absolute atomic E-state index is 13.6. The quantitative estimate of drug-likeness (QED) is 0.737. The van der Waals surface area contributed by atoms with Crippen molar-refractivity contribution in [2.24, 2.45) is 0 Å². The summed E-state index contributed by atoms with van der Waals surface area (Å²) < 4.78 is 5.36. The number of ether oxygens (including phenoxy) is 1. The zero-order chi connectivity index (χ0) is 19.3. The summed E-state index contributed by atoms with van der Waals surface area (Å²) in [5.41, 5.74) is 2.36. The molecule has 0 bridgehead atoms. The van der Waals surface area contributed by atoms with Crippen LogP contribution in [-0.4, -0.2) is 46.4 Å². The van der Waals surface area contributed by atoms with Crippen molar-refractivity contribution in [2.75, 3.05) is 13.7 Å². The SMILES string of the molecule is COc1cccc(CN2CCCCC2C(=O)N(Cc2ccncc2)C2CC2)c1. The Morgan fingerprint density at radius 3 is 2.71 bits per heavy atom. The predicted molar refractivity (Wildman–Crippen MR) is 109 cm³/mol. The van der Waals surface area contributed by atoms with Gasteiger partial charge in [-0.3, -0.25) is 14.7 Å². The van der Waals surface area contributed by atoms with Crippen LogP contribution in [0.4, 0.5) is 0 Å². The van der Waals surface area contributed by atoms with E-state index in [0.717, 1.165) is 56.5 Å². The lowest BCUT2D eigenvalue weighted by Gasteiger charge is -2.38. The molecule has 148 valence electrons. The number of nitrogens with zero attached hydrogens (tertiary/aromatic N) is 3. The van der Waals surface area contributed by atoms with Gasteiger partial charge in [0.05, 0.1) is 13.2 Å². The molecule has 1 atom stereocenters. The molecular weight excluding hydrogens is 350 g/mol. The lowest BCUT2D eigenvalue weighted by molar-refractivity contribution is -0.139. The summed E-state index contributed by atoms with van der Waals surface area (Å²) in [4.78, 5) is 22.1. The van der Waals surface area contributed by atoms with Gasteiger partial charge in [0, 0.05) is 31.5 Å². The fourth-order valence-corrected chi connectivity index (χ4v) is 4.11. The molecule has 0 spiro atoms. The number of carbonyl (C=O) groups excluding carboxylic acids is 1. The molecule has 0 N–H and O–H groups in total. The zero-order valence-electron chi connectivity index (χ0n) is 16.6. The first-order valence-corrected chi connectivity index (χ1v) is 10.3. The first-order chi connectivity index (χ1) is 13.7. The van der Waals surface area contributed by atoms with Gasteiger partial charge in [0.15, 0.2) is 0 Å². The van der Waals surface area contributed by atoms with Gasteiger partial charge in [-0.1, -0.05) is 18.6 Å². The summed E-state index contributed by atoms with van der Waals surface area (Å²) in [6.07, 6.45) is 9.09. The van der Waals surface area contributed by atoms with Crippen molar-refractivity contribution < 1.29 is 9.53 Å². The van der Waals surface area contributed by atoms with Crippen LogP contribution in [0.3, 0.4) is 0 Å². The molecule has 28 heavy (non-hydrogen) atoms. The number of piperidine rings is 1. The van der Waals surface area contributed by atoms with Gasteiger partial charge in [0.2, 0.25) is 5.91 Å². The second-order valence-corrected chi connectivity index (χ2v) is 7.89. The monoisotopic (exact) mass is 379 g/mol. The molecule has 2 heterocycles. The minimum Gasteiger partial charge on any atom is -0.497 e. The molecule has 1 saturated carbocycles. The van der Waals surface area contributed by atoms with E-state index in [1.165, 1.54) is 5.56 Å². The van der Waals surface area contributed by atoms with Crippen molar-refractivity contribution in [3.8, 4) is 5.75 Å². The lowest BCUT2D eigenvalue weighted by Crippen LogP contribution is -2.51. The van der Waals surface area contributed by atoms with E-state index in [1.54, 1.807) is 19.5 Å². The number of hydrogen-bond donors (Lipinski definition) is 0. The average Bonchev–Trinajstić information content (AvgIpc) is 3.58. The van der Waals surface area contributed by atoms with Crippen LogP contribution in [0.15, 0.2) is 48.8 Å². The summed E-state index contributed by atoms with van der Waals surface area (Å²) >= 11 is 0. The van der Waals surface area contributed by atoms with E-state index in [0.29, 0.717) is 18.5 Å². The van der Waals surface area contributed by atoms with Crippen molar-refractivity contribution in [1.29, 1.82) is 0 Å². The molecule has 1 aromatic carbocycles. The normalized spacial score (nSPS) is 20.0. The third-order valence-electron chi connectivity index (χ3n) is 5.79. The summed E-state index contributed by atoms with van der Waals surface area (Å²) in [6.45, 7) is 2.46. The van der Waals surface area contributed by atoms with Gasteiger partial charge in [-0.15, -0.1) is 0 Å². The highest BCUT2D eigenvalue weighted by atomic mass is 16.5. The Kier molecular flexibility index (Phi) is 5.91. The average molecular weight is 380 g/mol. The molecule has 4 rings (SSSR count). The Morgan fingerprint density at radius 2 is 1.96 bits per heavy atom. The Bertz CT molecular complexity index is 791. The Hall–Kier alpha value is -2.40. The third kappa shape index (κ3) is 4.53. The predicted octanol–water partition coefficient (Wildman–Crippen LogP) is 3.64. The minimum absolute atomic E-state index is 0.0256. The molecule has 1 saturated heterocycles. The second-order valence-electron chi connectivity index (χ2n) is 7.89. The van der Waals surface area contributed by atoms with Crippen LogP contribution in [0.5, 0.6) is 5.75 Å². The molecule has 1 unspecified atom stereocenters. The topological polar surface area (TPSA) is 45.7 Å². The number of amides is 1. The van der Waals surface area contributed by atoms with Crippen LogP contribution in [0, 0.1) is 0 Å². The number of hydrogen-bond acceptors (Lipinski definition) is 4. The molecule has 1 aliphatic heterocycles. The smallest absolute Gasteiger partial charge is 0.240 e. The van der Waals surface area contributed by atoms with Crippen LogP contribution >= 0.6 is 0 Å². The maximum Gasteiger partial charge on any atom is 0.240 e. The molecule has 1 aromatic heterocycles. The highest BCUT2D eigenvalue weighted by molar-refractivity contribution is 5.82. The molecule has 2 aromatic rings. The first kappa shape index (κ1) is 18.9. The fourth-order valence-electron chi connectivity index (χ4n) is 4.11. The van der Waals surface area contributed by atoms with E-state index in [2.05, 4.69) is 26.9 Å². The van der Waals surface area contributed by atoms with Crippen molar-refractivity contribution >= 4 is 5.91 Å². The van der Waals surface area contributed by atoms with Crippen LogP contribution in [0.1, 0.15) is 43.2 Å². The van der Waals surface area contributed by atoms with Crippen molar-refractivity contribution in [3.05, 3.63) is 59.9 Å². The second kappa shape index (κ2) is 8.74. The van der Waals surface area contributed by atoms with Crippen LogP contribution in [-0.2, 0) is 17.9 Å². The minimum atomic E-state index is -0.0256. The molecule has 2 aliphatic rings. The fraction of sp³-hybridized carbons (Fsp3) is 0.478. The number of carbonyl (C=O) groups is 1. The number of benzene rings is 1. The summed E-state index contributed by atoms with van der Waals surface area (Å²) in [5, 5.41) is 0.